The first-order valence-electron chi connectivity index (χ1n) is 6.98. The number of rotatable bonds is 5. The van der Waals surface area contributed by atoms with E-state index in [1.165, 1.54) is 24.1 Å². The number of ether oxygens (including phenoxy) is 1. The van der Waals surface area contributed by atoms with E-state index in [-0.39, 0.29) is 0 Å². The van der Waals surface area contributed by atoms with Gasteiger partial charge in [0.2, 0.25) is 0 Å². The Morgan fingerprint density at radius 2 is 2.32 bits per heavy atom. The highest BCUT2D eigenvalue weighted by Gasteiger charge is 2.17. The minimum Gasteiger partial charge on any atom is -0.381 e. The van der Waals surface area contributed by atoms with Crippen LogP contribution in [0, 0.1) is 5.92 Å². The van der Waals surface area contributed by atoms with Gasteiger partial charge < -0.3 is 15.4 Å². The Balaban J connectivity index is 2.06. The molecule has 0 aromatic heterocycles. The lowest BCUT2D eigenvalue weighted by Crippen LogP contribution is -2.31. The minimum absolute atomic E-state index is 0.625. The summed E-state index contributed by atoms with van der Waals surface area (Å²) in [6.07, 6.45) is 3.29. The second kappa shape index (κ2) is 7.13. The Labute approximate surface area is 120 Å². The normalized spacial score (nSPS) is 19.4. The molecule has 1 atom stereocenters. The van der Waals surface area contributed by atoms with Gasteiger partial charge in [-0.1, -0.05) is 11.6 Å². The van der Waals surface area contributed by atoms with Crippen LogP contribution in [0.25, 0.3) is 0 Å². The number of anilines is 1. The molecule has 1 aromatic carbocycles. The SMILES string of the molecule is CN(CC1CCCOC1)c1ccc(Cl)cc1CCN. The van der Waals surface area contributed by atoms with Gasteiger partial charge >= 0.3 is 0 Å². The van der Waals surface area contributed by atoms with E-state index in [2.05, 4.69) is 18.0 Å². The van der Waals surface area contributed by atoms with E-state index in [4.69, 9.17) is 22.1 Å². The lowest BCUT2D eigenvalue weighted by molar-refractivity contribution is 0.0576. The van der Waals surface area contributed by atoms with E-state index in [9.17, 15) is 0 Å². The second-order valence-electron chi connectivity index (χ2n) is 5.28. The van der Waals surface area contributed by atoms with Crippen LogP contribution in [-0.4, -0.2) is 33.4 Å². The standard InChI is InChI=1S/C15H23ClN2O/c1-18(10-12-3-2-8-19-11-12)15-5-4-14(16)9-13(15)6-7-17/h4-5,9,12H,2-3,6-8,10-11,17H2,1H3. The van der Waals surface area contributed by atoms with Gasteiger partial charge in [0, 0.05) is 30.9 Å². The number of nitrogens with zero attached hydrogens (tertiary/aromatic N) is 1. The fourth-order valence-corrected chi connectivity index (χ4v) is 2.91. The molecule has 0 spiro atoms. The molecule has 1 aliphatic heterocycles. The molecule has 0 amide bonds. The van der Waals surface area contributed by atoms with Crippen LogP contribution in [0.15, 0.2) is 18.2 Å². The monoisotopic (exact) mass is 282 g/mol. The highest BCUT2D eigenvalue weighted by Crippen LogP contribution is 2.26. The van der Waals surface area contributed by atoms with Crippen LogP contribution in [0.3, 0.4) is 0 Å². The molecule has 4 heteroatoms. The van der Waals surface area contributed by atoms with Crippen LogP contribution in [-0.2, 0) is 11.2 Å². The maximum atomic E-state index is 6.07. The van der Waals surface area contributed by atoms with Crippen LogP contribution >= 0.6 is 11.6 Å². The molecule has 1 aliphatic rings. The number of hydrogen-bond acceptors (Lipinski definition) is 3. The molecule has 1 fully saturated rings. The van der Waals surface area contributed by atoms with Crippen molar-refractivity contribution in [3.63, 3.8) is 0 Å². The Kier molecular flexibility index (Phi) is 5.49. The summed E-state index contributed by atoms with van der Waals surface area (Å²) >= 11 is 6.07. The van der Waals surface area contributed by atoms with Gasteiger partial charge in [-0.15, -0.1) is 0 Å². The molecule has 0 saturated carbocycles. The summed E-state index contributed by atoms with van der Waals surface area (Å²) in [4.78, 5) is 2.31. The molecule has 0 bridgehead atoms. The first-order valence-corrected chi connectivity index (χ1v) is 7.36. The van der Waals surface area contributed by atoms with Gasteiger partial charge in [0.05, 0.1) is 6.61 Å². The van der Waals surface area contributed by atoms with Crippen molar-refractivity contribution in [2.75, 3.05) is 38.3 Å². The highest BCUT2D eigenvalue weighted by molar-refractivity contribution is 6.30. The molecule has 2 N–H and O–H groups in total. The zero-order valence-corrected chi connectivity index (χ0v) is 12.3. The molecular weight excluding hydrogens is 260 g/mol. The molecule has 1 unspecified atom stereocenters. The first kappa shape index (κ1) is 14.6. The molecular formula is C15H23ClN2O. The third-order valence-corrected chi connectivity index (χ3v) is 3.89. The summed E-state index contributed by atoms with van der Waals surface area (Å²) in [5, 5.41) is 0.779. The largest absolute Gasteiger partial charge is 0.381 e. The minimum atomic E-state index is 0.625. The van der Waals surface area contributed by atoms with E-state index >= 15 is 0 Å². The fourth-order valence-electron chi connectivity index (χ4n) is 2.72. The van der Waals surface area contributed by atoms with Crippen molar-refractivity contribution < 1.29 is 4.74 Å². The smallest absolute Gasteiger partial charge is 0.0511 e. The zero-order valence-electron chi connectivity index (χ0n) is 11.6. The fraction of sp³-hybridized carbons (Fsp3) is 0.600. The van der Waals surface area contributed by atoms with Crippen LogP contribution in [0.4, 0.5) is 5.69 Å². The summed E-state index contributed by atoms with van der Waals surface area (Å²) in [5.41, 5.74) is 8.15. The molecule has 106 valence electrons. The third kappa shape index (κ3) is 4.10. The lowest BCUT2D eigenvalue weighted by Gasteiger charge is -2.29. The van der Waals surface area contributed by atoms with E-state index in [0.717, 1.165) is 31.2 Å². The average Bonchev–Trinajstić information content (AvgIpc) is 2.40. The Morgan fingerprint density at radius 1 is 1.47 bits per heavy atom. The Hall–Kier alpha value is -0.770. The Bertz CT molecular complexity index is 405. The topological polar surface area (TPSA) is 38.5 Å². The van der Waals surface area contributed by atoms with Gasteiger partial charge in [0.25, 0.3) is 0 Å². The van der Waals surface area contributed by atoms with Crippen molar-refractivity contribution in [1.82, 2.24) is 0 Å². The van der Waals surface area contributed by atoms with Crippen LogP contribution < -0.4 is 10.6 Å². The predicted molar refractivity (Wildman–Crippen MR) is 81.0 cm³/mol. The quantitative estimate of drug-likeness (QED) is 0.902. The molecule has 3 nitrogen and oxygen atoms in total. The van der Waals surface area contributed by atoms with Gasteiger partial charge in [0.1, 0.15) is 0 Å². The first-order chi connectivity index (χ1) is 9.20. The summed E-state index contributed by atoms with van der Waals surface area (Å²) in [5.74, 6) is 0.625. The molecule has 2 rings (SSSR count). The average molecular weight is 283 g/mol. The maximum absolute atomic E-state index is 6.07. The van der Waals surface area contributed by atoms with Crippen molar-refractivity contribution in [2.24, 2.45) is 11.7 Å². The van der Waals surface area contributed by atoms with Crippen molar-refractivity contribution in [3.05, 3.63) is 28.8 Å². The lowest BCUT2D eigenvalue weighted by atomic mass is 10.0. The number of nitrogens with two attached hydrogens (primary N) is 1. The van der Waals surface area contributed by atoms with Gasteiger partial charge in [0.15, 0.2) is 0 Å². The van der Waals surface area contributed by atoms with Crippen molar-refractivity contribution in [1.29, 1.82) is 0 Å². The summed E-state index contributed by atoms with van der Waals surface area (Å²) in [7, 11) is 2.14. The van der Waals surface area contributed by atoms with Gasteiger partial charge in [-0.3, -0.25) is 0 Å². The molecule has 0 aliphatic carbocycles. The molecule has 1 saturated heterocycles. The summed E-state index contributed by atoms with van der Waals surface area (Å²) < 4.78 is 5.55. The van der Waals surface area contributed by atoms with E-state index in [1.807, 2.05) is 12.1 Å². The third-order valence-electron chi connectivity index (χ3n) is 3.65. The van der Waals surface area contributed by atoms with E-state index in [0.29, 0.717) is 12.5 Å². The van der Waals surface area contributed by atoms with Gasteiger partial charge in [-0.05, 0) is 55.5 Å². The summed E-state index contributed by atoms with van der Waals surface area (Å²) in [6.45, 7) is 3.47. The van der Waals surface area contributed by atoms with Crippen LogP contribution in [0.1, 0.15) is 18.4 Å². The second-order valence-corrected chi connectivity index (χ2v) is 5.71. The van der Waals surface area contributed by atoms with Crippen LogP contribution in [0.2, 0.25) is 5.02 Å². The zero-order chi connectivity index (χ0) is 13.7. The van der Waals surface area contributed by atoms with Crippen LogP contribution in [0.5, 0.6) is 0 Å². The van der Waals surface area contributed by atoms with E-state index < -0.39 is 0 Å². The van der Waals surface area contributed by atoms with Crippen molar-refractivity contribution in [3.8, 4) is 0 Å². The molecule has 1 aromatic rings. The van der Waals surface area contributed by atoms with Gasteiger partial charge in [-0.2, -0.15) is 0 Å². The number of hydrogen-bond donors (Lipinski definition) is 1. The Morgan fingerprint density at radius 3 is 3.00 bits per heavy atom. The summed E-state index contributed by atoms with van der Waals surface area (Å²) in [6, 6.07) is 6.07. The molecule has 19 heavy (non-hydrogen) atoms. The van der Waals surface area contributed by atoms with E-state index in [1.54, 1.807) is 0 Å². The van der Waals surface area contributed by atoms with Gasteiger partial charge in [-0.25, -0.2) is 0 Å². The maximum Gasteiger partial charge on any atom is 0.0511 e. The number of benzene rings is 1. The van der Waals surface area contributed by atoms with Crippen molar-refractivity contribution >= 4 is 17.3 Å². The molecule has 1 heterocycles. The molecule has 0 radical (unpaired) electrons. The predicted octanol–water partition coefficient (Wildman–Crippen LogP) is 2.70. The van der Waals surface area contributed by atoms with Crippen molar-refractivity contribution in [2.45, 2.75) is 19.3 Å². The number of halogens is 1. The highest BCUT2D eigenvalue weighted by atomic mass is 35.5.